The van der Waals surface area contributed by atoms with Crippen molar-refractivity contribution in [1.29, 1.82) is 0 Å². The summed E-state index contributed by atoms with van der Waals surface area (Å²) in [5, 5.41) is 20.2. The summed E-state index contributed by atoms with van der Waals surface area (Å²) in [7, 11) is 0. The molecule has 1 aromatic carbocycles. The molecule has 0 saturated heterocycles. The van der Waals surface area contributed by atoms with E-state index in [2.05, 4.69) is 0 Å². The highest BCUT2D eigenvalue weighted by molar-refractivity contribution is 5.85. The van der Waals surface area contributed by atoms with Crippen LogP contribution in [0.4, 0.5) is 5.69 Å². The number of halogens is 1. The maximum Gasteiger partial charge on any atom is 0.274 e. The van der Waals surface area contributed by atoms with Crippen LogP contribution >= 0.6 is 12.4 Å². The largest absolute Gasteiger partial charge is 0.508 e. The Kier molecular flexibility index (Phi) is 5.91. The van der Waals surface area contributed by atoms with Crippen molar-refractivity contribution in [2.75, 3.05) is 0 Å². The summed E-state index contributed by atoms with van der Waals surface area (Å²) in [6, 6.07) is 3.52. The third-order valence-corrected chi connectivity index (χ3v) is 2.82. The van der Waals surface area contributed by atoms with E-state index in [0.29, 0.717) is 5.56 Å². The number of hydrogen-bond acceptors (Lipinski definition) is 4. The highest BCUT2D eigenvalue weighted by atomic mass is 35.5. The molecule has 3 N–H and O–H groups in total. The van der Waals surface area contributed by atoms with E-state index < -0.39 is 11.0 Å². The lowest BCUT2D eigenvalue weighted by atomic mass is 9.92. The van der Waals surface area contributed by atoms with Crippen LogP contribution in [0.25, 0.3) is 0 Å². The minimum atomic E-state index is -0.475. The second kappa shape index (κ2) is 6.42. The summed E-state index contributed by atoms with van der Waals surface area (Å²) < 4.78 is 0. The molecule has 17 heavy (non-hydrogen) atoms. The molecule has 0 fully saturated rings. The Morgan fingerprint density at radius 3 is 2.59 bits per heavy atom. The first-order chi connectivity index (χ1) is 7.47. The average Bonchev–Trinajstić information content (AvgIpc) is 2.26. The molecule has 0 saturated carbocycles. The van der Waals surface area contributed by atoms with Crippen molar-refractivity contribution >= 4 is 18.1 Å². The Labute approximate surface area is 106 Å². The molecular formula is C11H17ClN2O3. The zero-order valence-corrected chi connectivity index (χ0v) is 10.6. The molecule has 2 atom stereocenters. The van der Waals surface area contributed by atoms with Gasteiger partial charge in [0.05, 0.1) is 10.5 Å². The molecule has 96 valence electrons. The zero-order valence-electron chi connectivity index (χ0n) is 9.79. The molecule has 1 aromatic rings. The number of nitrogens with zero attached hydrogens (tertiary/aromatic N) is 1. The number of nitrogens with two attached hydrogens (primary N) is 1. The summed E-state index contributed by atoms with van der Waals surface area (Å²) in [5.41, 5.74) is 6.29. The van der Waals surface area contributed by atoms with Crippen LogP contribution in [0.15, 0.2) is 18.2 Å². The molecule has 5 nitrogen and oxygen atoms in total. The zero-order chi connectivity index (χ0) is 12.3. The number of phenolic OH excluding ortho intramolecular Hbond substituents is 1. The number of nitro groups is 1. The Morgan fingerprint density at radius 2 is 2.12 bits per heavy atom. The molecule has 0 bridgehead atoms. The first-order valence-electron chi connectivity index (χ1n) is 5.20. The van der Waals surface area contributed by atoms with E-state index in [4.69, 9.17) is 5.73 Å². The first kappa shape index (κ1) is 15.7. The van der Waals surface area contributed by atoms with Gasteiger partial charge in [-0.2, -0.15) is 0 Å². The second-order valence-electron chi connectivity index (χ2n) is 3.91. The molecule has 1 rings (SSSR count). The number of nitro benzene ring substituents is 1. The van der Waals surface area contributed by atoms with Crippen LogP contribution < -0.4 is 5.73 Å². The van der Waals surface area contributed by atoms with Gasteiger partial charge >= 0.3 is 0 Å². The number of rotatable bonds is 4. The fraction of sp³-hybridized carbons (Fsp3) is 0.455. The first-order valence-corrected chi connectivity index (χ1v) is 5.20. The van der Waals surface area contributed by atoms with Gasteiger partial charge in [-0.3, -0.25) is 10.1 Å². The third-order valence-electron chi connectivity index (χ3n) is 2.82. The Morgan fingerprint density at radius 1 is 1.53 bits per heavy atom. The van der Waals surface area contributed by atoms with E-state index in [1.807, 2.05) is 13.8 Å². The van der Waals surface area contributed by atoms with Gasteiger partial charge < -0.3 is 10.8 Å². The van der Waals surface area contributed by atoms with E-state index in [0.717, 1.165) is 6.42 Å². The molecule has 0 heterocycles. The highest BCUT2D eigenvalue weighted by Gasteiger charge is 2.23. The van der Waals surface area contributed by atoms with Crippen molar-refractivity contribution in [1.82, 2.24) is 0 Å². The second-order valence-corrected chi connectivity index (χ2v) is 3.91. The SMILES string of the molecule is CCC(C)[C@H](N)c1cc(O)ccc1[N+](=O)[O-].Cl. The average molecular weight is 261 g/mol. The number of phenols is 1. The summed E-state index contributed by atoms with van der Waals surface area (Å²) in [6.07, 6.45) is 0.827. The molecule has 0 aromatic heterocycles. The number of aromatic hydroxyl groups is 1. The lowest BCUT2D eigenvalue weighted by Gasteiger charge is -2.18. The normalized spacial score (nSPS) is 13.6. The predicted octanol–water partition coefficient (Wildman–Crippen LogP) is 2.77. The fourth-order valence-corrected chi connectivity index (χ4v) is 1.54. The minimum absolute atomic E-state index is 0. The van der Waals surface area contributed by atoms with Crippen LogP contribution in [0, 0.1) is 16.0 Å². The van der Waals surface area contributed by atoms with Gasteiger partial charge in [-0.25, -0.2) is 0 Å². The van der Waals surface area contributed by atoms with Gasteiger partial charge in [-0.15, -0.1) is 12.4 Å². The Balaban J connectivity index is 0.00000256. The minimum Gasteiger partial charge on any atom is -0.508 e. The van der Waals surface area contributed by atoms with E-state index in [-0.39, 0.29) is 29.8 Å². The fourth-order valence-electron chi connectivity index (χ4n) is 1.54. The standard InChI is InChI=1S/C11H16N2O3.ClH/c1-3-7(2)11(12)9-6-8(14)4-5-10(9)13(15)16;/h4-7,11,14H,3,12H2,1-2H3;1H/t7?,11-;/m0./s1. The van der Waals surface area contributed by atoms with Crippen LogP contribution in [0.5, 0.6) is 5.75 Å². The summed E-state index contributed by atoms with van der Waals surface area (Å²) in [6.45, 7) is 3.90. The predicted molar refractivity (Wildman–Crippen MR) is 68.4 cm³/mol. The van der Waals surface area contributed by atoms with Crippen LogP contribution in [-0.4, -0.2) is 10.0 Å². The van der Waals surface area contributed by atoms with Crippen molar-refractivity contribution in [2.24, 2.45) is 11.7 Å². The number of benzene rings is 1. The maximum absolute atomic E-state index is 10.8. The molecule has 0 radical (unpaired) electrons. The van der Waals surface area contributed by atoms with Gasteiger partial charge in [0, 0.05) is 12.1 Å². The Bertz CT molecular complexity index is 398. The smallest absolute Gasteiger partial charge is 0.274 e. The molecule has 0 aliphatic carbocycles. The Hall–Kier alpha value is -1.33. The summed E-state index contributed by atoms with van der Waals surface area (Å²) in [5.74, 6) is 0.125. The molecule has 0 aliphatic rings. The molecule has 6 heteroatoms. The molecular weight excluding hydrogens is 244 g/mol. The van der Waals surface area contributed by atoms with Crippen LogP contribution in [0.1, 0.15) is 31.9 Å². The summed E-state index contributed by atoms with van der Waals surface area (Å²) in [4.78, 5) is 10.3. The van der Waals surface area contributed by atoms with E-state index in [9.17, 15) is 15.2 Å². The molecule has 0 amide bonds. The molecule has 0 spiro atoms. The molecule has 0 aliphatic heterocycles. The maximum atomic E-state index is 10.8. The van der Waals surface area contributed by atoms with Crippen molar-refractivity contribution in [3.05, 3.63) is 33.9 Å². The lowest BCUT2D eigenvalue weighted by Crippen LogP contribution is -2.19. The van der Waals surface area contributed by atoms with Crippen LogP contribution in [-0.2, 0) is 0 Å². The van der Waals surface area contributed by atoms with Gasteiger partial charge in [-0.05, 0) is 18.1 Å². The van der Waals surface area contributed by atoms with Crippen molar-refractivity contribution in [3.8, 4) is 5.75 Å². The highest BCUT2D eigenvalue weighted by Crippen LogP contribution is 2.32. The van der Waals surface area contributed by atoms with Crippen molar-refractivity contribution in [3.63, 3.8) is 0 Å². The van der Waals surface area contributed by atoms with Gasteiger partial charge in [0.25, 0.3) is 5.69 Å². The van der Waals surface area contributed by atoms with Crippen molar-refractivity contribution in [2.45, 2.75) is 26.3 Å². The van der Waals surface area contributed by atoms with Crippen LogP contribution in [0.3, 0.4) is 0 Å². The van der Waals surface area contributed by atoms with Gasteiger partial charge in [0.1, 0.15) is 5.75 Å². The van der Waals surface area contributed by atoms with Gasteiger partial charge in [0.2, 0.25) is 0 Å². The van der Waals surface area contributed by atoms with Crippen molar-refractivity contribution < 1.29 is 10.0 Å². The van der Waals surface area contributed by atoms with Gasteiger partial charge in [0.15, 0.2) is 0 Å². The lowest BCUT2D eigenvalue weighted by molar-refractivity contribution is -0.385. The van der Waals surface area contributed by atoms with E-state index in [1.54, 1.807) is 0 Å². The molecule has 1 unspecified atom stereocenters. The third kappa shape index (κ3) is 3.57. The number of hydrogen-bond donors (Lipinski definition) is 2. The van der Waals surface area contributed by atoms with Gasteiger partial charge in [-0.1, -0.05) is 20.3 Å². The van der Waals surface area contributed by atoms with E-state index in [1.165, 1.54) is 18.2 Å². The topological polar surface area (TPSA) is 89.4 Å². The van der Waals surface area contributed by atoms with E-state index >= 15 is 0 Å². The summed E-state index contributed by atoms with van der Waals surface area (Å²) >= 11 is 0. The quantitative estimate of drug-likeness (QED) is 0.643. The monoisotopic (exact) mass is 260 g/mol. The van der Waals surface area contributed by atoms with Crippen LogP contribution in [0.2, 0.25) is 0 Å².